The zero-order valence-electron chi connectivity index (χ0n) is 15.4. The molecule has 138 valence electrons. The van der Waals surface area contributed by atoms with Gasteiger partial charge in [-0.25, -0.2) is 0 Å². The molecule has 6 heteroatoms. The first kappa shape index (κ1) is 19.4. The molecule has 0 radical (unpaired) electrons. The van der Waals surface area contributed by atoms with Gasteiger partial charge in [-0.15, -0.1) is 0 Å². The highest BCUT2D eigenvalue weighted by Crippen LogP contribution is 2.11. The summed E-state index contributed by atoms with van der Waals surface area (Å²) in [4.78, 5) is 32.6. The average molecular weight is 346 g/mol. The van der Waals surface area contributed by atoms with Crippen LogP contribution in [0, 0.1) is 0 Å². The van der Waals surface area contributed by atoms with Gasteiger partial charge in [-0.3, -0.25) is 19.5 Å². The highest BCUT2D eigenvalue weighted by molar-refractivity contribution is 5.78. The predicted octanol–water partition coefficient (Wildman–Crippen LogP) is 1.46. The van der Waals surface area contributed by atoms with E-state index in [2.05, 4.69) is 15.2 Å². The molecule has 0 bridgehead atoms. The summed E-state index contributed by atoms with van der Waals surface area (Å²) in [5, 5.41) is 3.12. The molecule has 2 amide bonds. The molecule has 1 aromatic heterocycles. The third-order valence-corrected chi connectivity index (χ3v) is 4.76. The maximum absolute atomic E-state index is 12.2. The van der Waals surface area contributed by atoms with Crippen LogP contribution in [0.15, 0.2) is 24.4 Å². The van der Waals surface area contributed by atoms with E-state index in [1.54, 1.807) is 6.20 Å². The summed E-state index contributed by atoms with van der Waals surface area (Å²) in [6.07, 6.45) is 4.70. The SMILES string of the molecule is CCN(CC)C(=O)CN1CCC(NC(=O)CCc2ccccn2)CC1. The Bertz CT molecular complexity index is 538. The van der Waals surface area contributed by atoms with Crippen molar-refractivity contribution >= 4 is 11.8 Å². The molecule has 0 aliphatic carbocycles. The van der Waals surface area contributed by atoms with Gasteiger partial charge in [-0.2, -0.15) is 0 Å². The molecule has 0 spiro atoms. The Morgan fingerprint density at radius 3 is 2.56 bits per heavy atom. The number of carbonyl (C=O) groups excluding carboxylic acids is 2. The Hall–Kier alpha value is -1.95. The Morgan fingerprint density at radius 2 is 1.96 bits per heavy atom. The van der Waals surface area contributed by atoms with Gasteiger partial charge in [-0.05, 0) is 45.2 Å². The van der Waals surface area contributed by atoms with Crippen molar-refractivity contribution in [3.8, 4) is 0 Å². The summed E-state index contributed by atoms with van der Waals surface area (Å²) in [5.41, 5.74) is 0.947. The standard InChI is InChI=1S/C19H30N4O2/c1-3-23(4-2)19(25)15-22-13-10-17(11-14-22)21-18(24)9-8-16-7-5-6-12-20-16/h5-7,12,17H,3-4,8-11,13-15H2,1-2H3,(H,21,24). The fourth-order valence-electron chi connectivity index (χ4n) is 3.19. The van der Waals surface area contributed by atoms with Gasteiger partial charge in [0.25, 0.3) is 0 Å². The molecule has 0 atom stereocenters. The molecule has 0 unspecified atom stereocenters. The lowest BCUT2D eigenvalue weighted by atomic mass is 10.0. The summed E-state index contributed by atoms with van der Waals surface area (Å²) < 4.78 is 0. The predicted molar refractivity (Wildman–Crippen MR) is 98.1 cm³/mol. The van der Waals surface area contributed by atoms with Crippen molar-refractivity contribution in [2.24, 2.45) is 0 Å². The van der Waals surface area contributed by atoms with Crippen LogP contribution in [0.1, 0.15) is 38.8 Å². The number of aryl methyl sites for hydroxylation is 1. The normalized spacial score (nSPS) is 15.8. The minimum Gasteiger partial charge on any atom is -0.353 e. The molecule has 1 aromatic rings. The van der Waals surface area contributed by atoms with E-state index in [0.717, 1.165) is 44.7 Å². The van der Waals surface area contributed by atoms with E-state index in [1.807, 2.05) is 36.9 Å². The Kier molecular flexibility index (Phi) is 7.85. The highest BCUT2D eigenvalue weighted by Gasteiger charge is 2.23. The van der Waals surface area contributed by atoms with Crippen molar-refractivity contribution < 1.29 is 9.59 Å². The highest BCUT2D eigenvalue weighted by atomic mass is 16.2. The first-order chi connectivity index (χ1) is 12.1. The molecule has 1 aliphatic rings. The van der Waals surface area contributed by atoms with E-state index in [4.69, 9.17) is 0 Å². The number of nitrogens with one attached hydrogen (secondary N) is 1. The van der Waals surface area contributed by atoms with Crippen LogP contribution >= 0.6 is 0 Å². The van der Waals surface area contributed by atoms with Crippen molar-refractivity contribution in [3.63, 3.8) is 0 Å². The number of carbonyl (C=O) groups is 2. The number of amides is 2. The van der Waals surface area contributed by atoms with Crippen LogP contribution in [-0.2, 0) is 16.0 Å². The molecule has 1 N–H and O–H groups in total. The molecule has 0 aromatic carbocycles. The monoisotopic (exact) mass is 346 g/mol. The van der Waals surface area contributed by atoms with Gasteiger partial charge < -0.3 is 10.2 Å². The van der Waals surface area contributed by atoms with Gasteiger partial charge in [0.15, 0.2) is 0 Å². The molecule has 0 saturated carbocycles. The lowest BCUT2D eigenvalue weighted by Gasteiger charge is -2.33. The number of likely N-dealkylation sites (N-methyl/N-ethyl adjacent to an activating group) is 1. The number of nitrogens with zero attached hydrogens (tertiary/aromatic N) is 3. The molecule has 1 saturated heterocycles. The van der Waals surface area contributed by atoms with Crippen molar-refractivity contribution in [1.29, 1.82) is 0 Å². The number of piperidine rings is 1. The Labute approximate surface area is 150 Å². The van der Waals surface area contributed by atoms with E-state index >= 15 is 0 Å². The quantitative estimate of drug-likeness (QED) is 0.774. The van der Waals surface area contributed by atoms with E-state index < -0.39 is 0 Å². The molecule has 2 heterocycles. The number of hydrogen-bond acceptors (Lipinski definition) is 4. The lowest BCUT2D eigenvalue weighted by Crippen LogP contribution is -2.48. The minimum atomic E-state index is 0.0864. The largest absolute Gasteiger partial charge is 0.353 e. The number of pyridine rings is 1. The van der Waals surface area contributed by atoms with E-state index in [1.165, 1.54) is 0 Å². The second-order valence-electron chi connectivity index (χ2n) is 6.51. The molecule has 6 nitrogen and oxygen atoms in total. The second-order valence-corrected chi connectivity index (χ2v) is 6.51. The summed E-state index contributed by atoms with van der Waals surface area (Å²) in [6.45, 7) is 7.75. The maximum Gasteiger partial charge on any atom is 0.236 e. The van der Waals surface area contributed by atoms with Gasteiger partial charge >= 0.3 is 0 Å². The van der Waals surface area contributed by atoms with Crippen LogP contribution in [0.2, 0.25) is 0 Å². The fourth-order valence-corrected chi connectivity index (χ4v) is 3.19. The Morgan fingerprint density at radius 1 is 1.24 bits per heavy atom. The third kappa shape index (κ3) is 6.46. The molecule has 25 heavy (non-hydrogen) atoms. The van der Waals surface area contributed by atoms with Crippen molar-refractivity contribution in [3.05, 3.63) is 30.1 Å². The van der Waals surface area contributed by atoms with Crippen LogP contribution in [0.5, 0.6) is 0 Å². The maximum atomic E-state index is 12.2. The van der Waals surface area contributed by atoms with Crippen LogP contribution in [0.4, 0.5) is 0 Å². The van der Waals surface area contributed by atoms with E-state index in [-0.39, 0.29) is 17.9 Å². The van der Waals surface area contributed by atoms with Gasteiger partial charge in [0.2, 0.25) is 11.8 Å². The molecular weight excluding hydrogens is 316 g/mol. The zero-order valence-corrected chi connectivity index (χ0v) is 15.4. The second kappa shape index (κ2) is 10.1. The first-order valence-corrected chi connectivity index (χ1v) is 9.31. The number of hydrogen-bond donors (Lipinski definition) is 1. The number of rotatable bonds is 8. The topological polar surface area (TPSA) is 65.5 Å². The smallest absolute Gasteiger partial charge is 0.236 e. The van der Waals surface area contributed by atoms with E-state index in [0.29, 0.717) is 19.4 Å². The van der Waals surface area contributed by atoms with E-state index in [9.17, 15) is 9.59 Å². The summed E-state index contributed by atoms with van der Waals surface area (Å²) in [6, 6.07) is 5.98. The lowest BCUT2D eigenvalue weighted by molar-refractivity contribution is -0.132. The van der Waals surface area contributed by atoms with Gasteiger partial charge in [0.1, 0.15) is 0 Å². The van der Waals surface area contributed by atoms with Crippen LogP contribution < -0.4 is 5.32 Å². The van der Waals surface area contributed by atoms with Crippen molar-refractivity contribution in [2.75, 3.05) is 32.7 Å². The van der Waals surface area contributed by atoms with Crippen LogP contribution in [0.3, 0.4) is 0 Å². The summed E-state index contributed by atoms with van der Waals surface area (Å²) >= 11 is 0. The molecule has 1 fully saturated rings. The van der Waals surface area contributed by atoms with Crippen molar-refractivity contribution in [2.45, 2.75) is 45.6 Å². The summed E-state index contributed by atoms with van der Waals surface area (Å²) in [5.74, 6) is 0.283. The fraction of sp³-hybridized carbons (Fsp3) is 0.632. The number of likely N-dealkylation sites (tertiary alicyclic amines) is 1. The van der Waals surface area contributed by atoms with Gasteiger partial charge in [0.05, 0.1) is 6.54 Å². The first-order valence-electron chi connectivity index (χ1n) is 9.31. The average Bonchev–Trinajstić information content (AvgIpc) is 2.63. The zero-order chi connectivity index (χ0) is 18.1. The van der Waals surface area contributed by atoms with Gasteiger partial charge in [-0.1, -0.05) is 6.07 Å². The van der Waals surface area contributed by atoms with Crippen LogP contribution in [-0.4, -0.2) is 65.4 Å². The summed E-state index contributed by atoms with van der Waals surface area (Å²) in [7, 11) is 0. The van der Waals surface area contributed by atoms with Crippen LogP contribution in [0.25, 0.3) is 0 Å². The number of aromatic nitrogens is 1. The molecular formula is C19H30N4O2. The minimum absolute atomic E-state index is 0.0864. The van der Waals surface area contributed by atoms with Gasteiger partial charge in [0, 0.05) is 50.5 Å². The van der Waals surface area contributed by atoms with Crippen molar-refractivity contribution in [1.82, 2.24) is 20.1 Å². The molecule has 2 rings (SSSR count). The molecule has 1 aliphatic heterocycles. The Balaban J connectivity index is 1.66. The third-order valence-electron chi connectivity index (χ3n) is 4.76.